The van der Waals surface area contributed by atoms with Crippen LogP contribution in [0.15, 0.2) is 67.0 Å². The molecule has 29 heavy (non-hydrogen) atoms. The smallest absolute Gasteiger partial charge is 0.220 e. The van der Waals surface area contributed by atoms with Crippen molar-refractivity contribution >= 4 is 5.91 Å². The molecule has 0 aliphatic carbocycles. The molecule has 0 radical (unpaired) electrons. The van der Waals surface area contributed by atoms with Crippen LogP contribution in [0.5, 0.6) is 11.5 Å². The fourth-order valence-electron chi connectivity index (χ4n) is 3.55. The lowest BCUT2D eigenvalue weighted by molar-refractivity contribution is -0.121. The van der Waals surface area contributed by atoms with Crippen molar-refractivity contribution in [1.82, 2.24) is 10.3 Å². The molecular formula is C24H24N2O3. The van der Waals surface area contributed by atoms with Gasteiger partial charge >= 0.3 is 0 Å². The molecule has 0 unspecified atom stereocenters. The summed E-state index contributed by atoms with van der Waals surface area (Å²) in [6, 6.07) is 18.0. The predicted molar refractivity (Wildman–Crippen MR) is 112 cm³/mol. The minimum atomic E-state index is -0.0325. The number of pyridine rings is 1. The van der Waals surface area contributed by atoms with Crippen LogP contribution >= 0.6 is 0 Å². The molecule has 148 valence electrons. The van der Waals surface area contributed by atoms with Crippen molar-refractivity contribution in [2.45, 2.75) is 25.4 Å². The molecule has 1 aliphatic rings. The van der Waals surface area contributed by atoms with Crippen LogP contribution in [0, 0.1) is 0 Å². The van der Waals surface area contributed by atoms with Crippen LogP contribution in [-0.4, -0.2) is 30.6 Å². The summed E-state index contributed by atoms with van der Waals surface area (Å²) in [7, 11) is 1.64. The molecule has 5 nitrogen and oxygen atoms in total. The van der Waals surface area contributed by atoms with Crippen LogP contribution in [0.2, 0.25) is 0 Å². The number of hydrogen-bond donors (Lipinski definition) is 1. The third kappa shape index (κ3) is 4.74. The maximum absolute atomic E-state index is 12.2. The Bertz CT molecular complexity index is 988. The molecule has 0 fully saturated rings. The zero-order chi connectivity index (χ0) is 20.1. The third-order valence-corrected chi connectivity index (χ3v) is 5.10. The summed E-state index contributed by atoms with van der Waals surface area (Å²) in [6.07, 6.45) is 5.51. The van der Waals surface area contributed by atoms with E-state index in [2.05, 4.69) is 16.4 Å². The molecule has 1 aliphatic heterocycles. The molecule has 2 heterocycles. The predicted octanol–water partition coefficient (Wildman–Crippen LogP) is 3.81. The Hall–Kier alpha value is -3.34. The van der Waals surface area contributed by atoms with Gasteiger partial charge in [-0.05, 0) is 53.4 Å². The van der Waals surface area contributed by atoms with Crippen LogP contribution in [0.1, 0.15) is 17.5 Å². The van der Waals surface area contributed by atoms with Gasteiger partial charge in [-0.2, -0.15) is 0 Å². The first-order chi connectivity index (χ1) is 14.2. The monoisotopic (exact) mass is 388 g/mol. The van der Waals surface area contributed by atoms with Gasteiger partial charge in [-0.15, -0.1) is 0 Å². The van der Waals surface area contributed by atoms with Crippen molar-refractivity contribution in [3.63, 3.8) is 0 Å². The van der Waals surface area contributed by atoms with Gasteiger partial charge in [0.2, 0.25) is 5.91 Å². The summed E-state index contributed by atoms with van der Waals surface area (Å²) >= 11 is 0. The zero-order valence-electron chi connectivity index (χ0n) is 16.4. The average Bonchev–Trinajstić information content (AvgIpc) is 3.19. The number of amides is 1. The number of aromatic nitrogens is 1. The van der Waals surface area contributed by atoms with E-state index in [9.17, 15) is 4.79 Å². The SMILES string of the molecule is COc1cccc(CCC(=O)NC[C@H]2Cc3cc(-c4cccnc4)ccc3O2)c1. The maximum Gasteiger partial charge on any atom is 0.220 e. The molecule has 0 spiro atoms. The molecule has 0 saturated heterocycles. The first-order valence-corrected chi connectivity index (χ1v) is 9.81. The molecule has 1 amide bonds. The highest BCUT2D eigenvalue weighted by Gasteiger charge is 2.23. The van der Waals surface area contributed by atoms with Crippen LogP contribution in [0.25, 0.3) is 11.1 Å². The topological polar surface area (TPSA) is 60.5 Å². The average molecular weight is 388 g/mol. The number of carbonyl (C=O) groups excluding carboxylic acids is 1. The number of methoxy groups -OCH3 is 1. The van der Waals surface area contributed by atoms with Gasteiger partial charge in [0.05, 0.1) is 13.7 Å². The molecule has 1 atom stereocenters. The number of rotatable bonds is 7. The highest BCUT2D eigenvalue weighted by atomic mass is 16.5. The second-order valence-electron chi connectivity index (χ2n) is 7.16. The van der Waals surface area contributed by atoms with E-state index >= 15 is 0 Å². The van der Waals surface area contributed by atoms with Gasteiger partial charge in [0.1, 0.15) is 17.6 Å². The summed E-state index contributed by atoms with van der Waals surface area (Å²) in [5.74, 6) is 1.74. The molecular weight excluding hydrogens is 364 g/mol. The van der Waals surface area contributed by atoms with Crippen molar-refractivity contribution in [1.29, 1.82) is 0 Å². The van der Waals surface area contributed by atoms with Gasteiger partial charge in [-0.3, -0.25) is 9.78 Å². The molecule has 2 aromatic carbocycles. The summed E-state index contributed by atoms with van der Waals surface area (Å²) in [6.45, 7) is 0.508. The largest absolute Gasteiger partial charge is 0.497 e. The molecule has 0 saturated carbocycles. The fourth-order valence-corrected chi connectivity index (χ4v) is 3.55. The number of carbonyl (C=O) groups is 1. The Morgan fingerprint density at radius 3 is 2.93 bits per heavy atom. The van der Waals surface area contributed by atoms with Crippen molar-refractivity contribution in [2.75, 3.05) is 13.7 Å². The van der Waals surface area contributed by atoms with Gasteiger partial charge in [0.15, 0.2) is 0 Å². The van der Waals surface area contributed by atoms with Crippen LogP contribution in [0.4, 0.5) is 0 Å². The van der Waals surface area contributed by atoms with Crippen molar-refractivity contribution in [2.24, 2.45) is 0 Å². The number of aryl methyl sites for hydroxylation is 1. The minimum absolute atomic E-state index is 0.0309. The summed E-state index contributed by atoms with van der Waals surface area (Å²) in [4.78, 5) is 16.4. The second-order valence-corrected chi connectivity index (χ2v) is 7.16. The molecule has 5 heteroatoms. The van der Waals surface area contributed by atoms with Crippen molar-refractivity contribution < 1.29 is 14.3 Å². The number of hydrogen-bond acceptors (Lipinski definition) is 4. The lowest BCUT2D eigenvalue weighted by atomic mass is 10.0. The van der Waals surface area contributed by atoms with Crippen molar-refractivity contribution in [3.05, 3.63) is 78.1 Å². The normalized spacial score (nSPS) is 14.7. The fraction of sp³-hybridized carbons (Fsp3) is 0.250. The second kappa shape index (κ2) is 8.78. The van der Waals surface area contributed by atoms with E-state index in [0.717, 1.165) is 34.6 Å². The van der Waals surface area contributed by atoms with Gasteiger partial charge in [-0.1, -0.05) is 24.3 Å². The molecule has 1 aromatic heterocycles. The summed E-state index contributed by atoms with van der Waals surface area (Å²) in [5, 5.41) is 3.00. The lowest BCUT2D eigenvalue weighted by Crippen LogP contribution is -2.34. The van der Waals surface area contributed by atoms with E-state index in [-0.39, 0.29) is 12.0 Å². The number of nitrogens with zero attached hydrogens (tertiary/aromatic N) is 1. The number of benzene rings is 2. The highest BCUT2D eigenvalue weighted by Crippen LogP contribution is 2.32. The Kier molecular flexibility index (Phi) is 5.75. The Morgan fingerprint density at radius 1 is 1.17 bits per heavy atom. The van der Waals surface area contributed by atoms with Gasteiger partial charge in [0.25, 0.3) is 0 Å². The molecule has 0 bridgehead atoms. The van der Waals surface area contributed by atoms with E-state index in [1.165, 1.54) is 5.56 Å². The van der Waals surface area contributed by atoms with E-state index in [0.29, 0.717) is 19.4 Å². The molecule has 3 aromatic rings. The standard InChI is InChI=1S/C24H24N2O3/c1-28-21-6-2-4-17(12-21)7-10-24(27)26-16-22-14-20-13-18(8-9-23(20)29-22)19-5-3-11-25-15-19/h2-6,8-9,11-13,15,22H,7,10,14,16H2,1H3,(H,26,27)/t22-/m1/s1. The van der Waals surface area contributed by atoms with E-state index in [4.69, 9.17) is 9.47 Å². The Morgan fingerprint density at radius 2 is 2.10 bits per heavy atom. The van der Waals surface area contributed by atoms with Gasteiger partial charge in [-0.25, -0.2) is 0 Å². The third-order valence-electron chi connectivity index (χ3n) is 5.10. The van der Waals surface area contributed by atoms with E-state index < -0.39 is 0 Å². The number of fused-ring (bicyclic) bond motifs is 1. The quantitative estimate of drug-likeness (QED) is 0.669. The molecule has 4 rings (SSSR count). The maximum atomic E-state index is 12.2. The zero-order valence-corrected chi connectivity index (χ0v) is 16.4. The van der Waals surface area contributed by atoms with E-state index in [1.807, 2.05) is 54.7 Å². The van der Waals surface area contributed by atoms with E-state index in [1.54, 1.807) is 13.3 Å². The van der Waals surface area contributed by atoms with Crippen LogP contribution in [-0.2, 0) is 17.6 Å². The Labute approximate surface area is 170 Å². The number of nitrogens with one attached hydrogen (secondary N) is 1. The van der Waals surface area contributed by atoms with Crippen LogP contribution < -0.4 is 14.8 Å². The lowest BCUT2D eigenvalue weighted by Gasteiger charge is -2.12. The number of ether oxygens (including phenoxy) is 2. The summed E-state index contributed by atoms with van der Waals surface area (Å²) < 4.78 is 11.2. The van der Waals surface area contributed by atoms with Crippen LogP contribution in [0.3, 0.4) is 0 Å². The van der Waals surface area contributed by atoms with Gasteiger partial charge < -0.3 is 14.8 Å². The van der Waals surface area contributed by atoms with Gasteiger partial charge in [0, 0.05) is 30.8 Å². The summed E-state index contributed by atoms with van der Waals surface area (Å²) in [5.41, 5.74) is 4.47. The first kappa shape index (κ1) is 19.0. The molecule has 1 N–H and O–H groups in total. The highest BCUT2D eigenvalue weighted by molar-refractivity contribution is 5.76. The first-order valence-electron chi connectivity index (χ1n) is 9.81. The Balaban J connectivity index is 1.27. The minimum Gasteiger partial charge on any atom is -0.497 e. The van der Waals surface area contributed by atoms with Crippen molar-refractivity contribution in [3.8, 4) is 22.6 Å².